The first-order valence-electron chi connectivity index (χ1n) is 6.33. The van der Waals surface area contributed by atoms with Gasteiger partial charge in [-0.15, -0.1) is 0 Å². The van der Waals surface area contributed by atoms with Crippen molar-refractivity contribution in [2.75, 3.05) is 0 Å². The highest BCUT2D eigenvalue weighted by Crippen LogP contribution is 2.41. The summed E-state index contributed by atoms with van der Waals surface area (Å²) in [5.74, 6) is 0.252. The van der Waals surface area contributed by atoms with Crippen molar-refractivity contribution in [3.63, 3.8) is 0 Å². The van der Waals surface area contributed by atoms with Crippen molar-refractivity contribution < 1.29 is 4.79 Å². The minimum absolute atomic E-state index is 0.0614. The Labute approximate surface area is 105 Å². The summed E-state index contributed by atoms with van der Waals surface area (Å²) in [5, 5.41) is 0. The van der Waals surface area contributed by atoms with E-state index in [0.717, 1.165) is 41.0 Å². The molecule has 1 saturated carbocycles. The maximum atomic E-state index is 12.2. The number of carbonyl (C=O) groups excluding carboxylic acids is 1. The average molecular weight is 236 g/mol. The maximum absolute atomic E-state index is 12.2. The van der Waals surface area contributed by atoms with Gasteiger partial charge in [-0.25, -0.2) is 4.99 Å². The first-order chi connectivity index (χ1) is 8.84. The van der Waals surface area contributed by atoms with E-state index in [-0.39, 0.29) is 11.8 Å². The number of nitrogens with zero attached hydrogens (tertiary/aromatic N) is 2. The van der Waals surface area contributed by atoms with E-state index in [1.807, 2.05) is 30.5 Å². The lowest BCUT2D eigenvalue weighted by Crippen LogP contribution is -2.28. The Hall–Kier alpha value is -2.03. The van der Waals surface area contributed by atoms with Crippen molar-refractivity contribution in [1.29, 1.82) is 0 Å². The molecule has 0 bridgehead atoms. The molecule has 1 unspecified atom stereocenters. The highest BCUT2D eigenvalue weighted by Gasteiger charge is 2.35. The van der Waals surface area contributed by atoms with Gasteiger partial charge < -0.3 is 0 Å². The van der Waals surface area contributed by atoms with Gasteiger partial charge in [-0.1, -0.05) is 18.2 Å². The molecular weight excluding hydrogens is 224 g/mol. The van der Waals surface area contributed by atoms with Crippen LogP contribution in [0.3, 0.4) is 0 Å². The van der Waals surface area contributed by atoms with Crippen molar-refractivity contribution in [2.24, 2.45) is 9.98 Å². The number of benzene rings is 1. The first-order valence-corrected chi connectivity index (χ1v) is 6.33. The molecule has 1 fully saturated rings. The molecule has 0 saturated heterocycles. The molecule has 1 aliphatic carbocycles. The molecule has 2 heterocycles. The van der Waals surface area contributed by atoms with Crippen LogP contribution in [0.4, 0.5) is 5.69 Å². The summed E-state index contributed by atoms with van der Waals surface area (Å²) in [7, 11) is 0. The average Bonchev–Trinajstić information content (AvgIpc) is 2.77. The third-order valence-electron chi connectivity index (χ3n) is 3.83. The van der Waals surface area contributed by atoms with E-state index in [9.17, 15) is 4.79 Å². The molecule has 3 nitrogen and oxygen atoms in total. The van der Waals surface area contributed by atoms with Crippen LogP contribution in [-0.4, -0.2) is 23.8 Å². The summed E-state index contributed by atoms with van der Waals surface area (Å²) in [4.78, 5) is 21.2. The second kappa shape index (κ2) is 3.48. The topological polar surface area (TPSA) is 41.8 Å². The monoisotopic (exact) mass is 236 g/mol. The fourth-order valence-electron chi connectivity index (χ4n) is 3.02. The van der Waals surface area contributed by atoms with Crippen molar-refractivity contribution >= 4 is 29.0 Å². The molecule has 1 aromatic carbocycles. The van der Waals surface area contributed by atoms with Crippen molar-refractivity contribution in [1.82, 2.24) is 0 Å². The molecule has 18 heavy (non-hydrogen) atoms. The molecule has 0 amide bonds. The van der Waals surface area contributed by atoms with Gasteiger partial charge in [-0.3, -0.25) is 9.79 Å². The summed E-state index contributed by atoms with van der Waals surface area (Å²) in [6.45, 7) is 0. The second-order valence-corrected chi connectivity index (χ2v) is 4.91. The van der Waals surface area contributed by atoms with Gasteiger partial charge in [0.05, 0.1) is 17.4 Å². The normalized spacial score (nSPS) is 24.6. The van der Waals surface area contributed by atoms with E-state index >= 15 is 0 Å². The first kappa shape index (κ1) is 9.95. The zero-order chi connectivity index (χ0) is 12.1. The maximum Gasteiger partial charge on any atom is 0.161 e. The van der Waals surface area contributed by atoms with Gasteiger partial charge in [-0.05, 0) is 18.9 Å². The second-order valence-electron chi connectivity index (χ2n) is 4.91. The van der Waals surface area contributed by atoms with Crippen molar-refractivity contribution in [3.05, 3.63) is 35.4 Å². The van der Waals surface area contributed by atoms with Gasteiger partial charge in [-0.2, -0.15) is 0 Å². The SMILES string of the molecule is O=C1CCCC2N=CC3=Nc4ccccc4C3=C12. The number of allylic oxidation sites excluding steroid dienone is 1. The Kier molecular flexibility index (Phi) is 1.92. The zero-order valence-corrected chi connectivity index (χ0v) is 9.89. The van der Waals surface area contributed by atoms with Crippen molar-refractivity contribution in [3.8, 4) is 0 Å². The van der Waals surface area contributed by atoms with E-state index in [1.54, 1.807) is 0 Å². The molecule has 4 rings (SSSR count). The van der Waals surface area contributed by atoms with Gasteiger partial charge in [0.15, 0.2) is 5.78 Å². The number of dihydropyridines is 1. The smallest absolute Gasteiger partial charge is 0.161 e. The number of para-hydroxylation sites is 1. The Morgan fingerprint density at radius 1 is 1.22 bits per heavy atom. The highest BCUT2D eigenvalue weighted by molar-refractivity contribution is 6.55. The lowest BCUT2D eigenvalue weighted by molar-refractivity contribution is -0.116. The van der Waals surface area contributed by atoms with Crippen LogP contribution in [0.15, 0.2) is 39.8 Å². The molecule has 3 heteroatoms. The predicted octanol–water partition coefficient (Wildman–Crippen LogP) is 2.73. The summed E-state index contributed by atoms with van der Waals surface area (Å²) >= 11 is 0. The number of hydrogen-bond acceptors (Lipinski definition) is 3. The quantitative estimate of drug-likeness (QED) is 0.682. The Bertz CT molecular complexity index is 652. The molecule has 1 atom stereocenters. The predicted molar refractivity (Wildman–Crippen MR) is 71.6 cm³/mol. The molecule has 3 aliphatic rings. The lowest BCUT2D eigenvalue weighted by Gasteiger charge is -2.26. The third-order valence-corrected chi connectivity index (χ3v) is 3.83. The van der Waals surface area contributed by atoms with Crippen LogP contribution in [0.5, 0.6) is 0 Å². The summed E-state index contributed by atoms with van der Waals surface area (Å²) in [5.41, 5.74) is 4.84. The summed E-state index contributed by atoms with van der Waals surface area (Å²) in [6.07, 6.45) is 4.42. The van der Waals surface area contributed by atoms with E-state index in [1.165, 1.54) is 0 Å². The van der Waals surface area contributed by atoms with Crippen LogP contribution < -0.4 is 0 Å². The number of Topliss-reactive ketones (excluding diaryl/α,β-unsaturated/α-hetero) is 1. The van der Waals surface area contributed by atoms with Crippen LogP contribution in [0, 0.1) is 0 Å². The standard InChI is InChI=1S/C15H12N2O/c18-13-7-3-6-11-15(13)14-9-4-1-2-5-10(9)17-12(14)8-16-11/h1-2,4-5,8,11H,3,6-7H2. The number of aliphatic imine (C=N–C) groups is 2. The van der Waals surface area contributed by atoms with Gasteiger partial charge in [0.25, 0.3) is 0 Å². The molecule has 0 radical (unpaired) electrons. The fourth-order valence-corrected chi connectivity index (χ4v) is 3.02. The van der Waals surface area contributed by atoms with Crippen LogP contribution in [-0.2, 0) is 4.79 Å². The molecule has 88 valence electrons. The van der Waals surface area contributed by atoms with Crippen molar-refractivity contribution in [2.45, 2.75) is 25.3 Å². The molecule has 0 spiro atoms. The number of carbonyl (C=O) groups is 1. The Morgan fingerprint density at radius 2 is 2.11 bits per heavy atom. The molecule has 2 aliphatic heterocycles. The van der Waals surface area contributed by atoms with Gasteiger partial charge in [0, 0.05) is 29.3 Å². The van der Waals surface area contributed by atoms with Crippen LogP contribution in [0.25, 0.3) is 5.57 Å². The Balaban J connectivity index is 2.00. The fraction of sp³-hybridized carbons (Fsp3) is 0.267. The van der Waals surface area contributed by atoms with E-state index in [0.29, 0.717) is 6.42 Å². The molecule has 0 N–H and O–H groups in total. The lowest BCUT2D eigenvalue weighted by atomic mass is 9.81. The zero-order valence-electron chi connectivity index (χ0n) is 9.89. The molecule has 1 aromatic rings. The Morgan fingerprint density at radius 3 is 3.06 bits per heavy atom. The number of ketones is 1. The van der Waals surface area contributed by atoms with E-state index in [4.69, 9.17) is 0 Å². The summed E-state index contributed by atoms with van der Waals surface area (Å²) < 4.78 is 0. The van der Waals surface area contributed by atoms with Crippen LogP contribution >= 0.6 is 0 Å². The highest BCUT2D eigenvalue weighted by atomic mass is 16.1. The number of fused-ring (bicyclic) bond motifs is 4. The number of rotatable bonds is 0. The van der Waals surface area contributed by atoms with E-state index in [2.05, 4.69) is 9.98 Å². The largest absolute Gasteiger partial charge is 0.294 e. The number of hydrogen-bond donors (Lipinski definition) is 0. The molecular formula is C15H12N2O. The van der Waals surface area contributed by atoms with Crippen LogP contribution in [0.2, 0.25) is 0 Å². The minimum atomic E-state index is 0.0614. The molecule has 0 aromatic heterocycles. The minimum Gasteiger partial charge on any atom is -0.294 e. The van der Waals surface area contributed by atoms with Gasteiger partial charge >= 0.3 is 0 Å². The van der Waals surface area contributed by atoms with Gasteiger partial charge in [0.2, 0.25) is 0 Å². The van der Waals surface area contributed by atoms with Gasteiger partial charge in [0.1, 0.15) is 0 Å². The van der Waals surface area contributed by atoms with E-state index < -0.39 is 0 Å². The third kappa shape index (κ3) is 1.22. The summed E-state index contributed by atoms with van der Waals surface area (Å²) in [6, 6.07) is 8.07. The van der Waals surface area contributed by atoms with Crippen LogP contribution in [0.1, 0.15) is 24.8 Å².